The number of rotatable bonds is 4. The Morgan fingerprint density at radius 3 is 2.75 bits per heavy atom. The molecule has 0 unspecified atom stereocenters. The number of nitrogens with zero attached hydrogens (tertiary/aromatic N) is 2. The second-order valence-electron chi connectivity index (χ2n) is 3.86. The van der Waals surface area contributed by atoms with Crippen molar-refractivity contribution < 1.29 is 14.3 Å². The number of Topliss-reactive ketones (excluding diaryl/α,β-unsaturated/α-hetero) is 1. The van der Waals surface area contributed by atoms with Gasteiger partial charge in [0, 0.05) is 6.92 Å². The largest absolute Gasteiger partial charge is 0.462 e. The van der Waals surface area contributed by atoms with E-state index in [1.54, 1.807) is 11.6 Å². The molecule has 86 valence electrons. The van der Waals surface area contributed by atoms with Crippen LogP contribution in [0.4, 0.5) is 0 Å². The van der Waals surface area contributed by atoms with E-state index in [2.05, 4.69) is 5.10 Å². The van der Waals surface area contributed by atoms with E-state index in [0.29, 0.717) is 12.3 Å². The van der Waals surface area contributed by atoms with E-state index < -0.39 is 5.97 Å². The smallest absolute Gasteiger partial charge is 0.342 e. The first-order chi connectivity index (χ1) is 7.65. The number of ketones is 1. The molecule has 2 rings (SSSR count). The van der Waals surface area contributed by atoms with Crippen LogP contribution in [0.3, 0.4) is 0 Å². The normalized spacial score (nSPS) is 14.9. The molecular weight excluding hydrogens is 208 g/mol. The number of carbonyl (C=O) groups is 2. The molecule has 1 fully saturated rings. The van der Waals surface area contributed by atoms with Crippen molar-refractivity contribution in [3.63, 3.8) is 0 Å². The van der Waals surface area contributed by atoms with Gasteiger partial charge in [0.25, 0.3) is 0 Å². The van der Waals surface area contributed by atoms with Crippen LogP contribution in [0.1, 0.15) is 53.6 Å². The van der Waals surface area contributed by atoms with Crippen LogP contribution in [-0.2, 0) is 4.74 Å². The van der Waals surface area contributed by atoms with Gasteiger partial charge >= 0.3 is 5.97 Å². The second-order valence-corrected chi connectivity index (χ2v) is 3.86. The molecule has 16 heavy (non-hydrogen) atoms. The summed E-state index contributed by atoms with van der Waals surface area (Å²) in [4.78, 5) is 23.1. The van der Waals surface area contributed by atoms with E-state index in [-0.39, 0.29) is 17.4 Å². The lowest BCUT2D eigenvalue weighted by Gasteiger charge is -2.04. The predicted molar refractivity (Wildman–Crippen MR) is 56.5 cm³/mol. The van der Waals surface area contributed by atoms with Crippen LogP contribution in [0.15, 0.2) is 6.20 Å². The second kappa shape index (κ2) is 4.08. The molecule has 5 nitrogen and oxygen atoms in total. The van der Waals surface area contributed by atoms with Gasteiger partial charge < -0.3 is 4.74 Å². The van der Waals surface area contributed by atoms with Gasteiger partial charge in [0.2, 0.25) is 0 Å². The Balaban J connectivity index is 2.37. The van der Waals surface area contributed by atoms with E-state index in [4.69, 9.17) is 4.74 Å². The van der Waals surface area contributed by atoms with E-state index in [0.717, 1.165) is 12.8 Å². The maximum absolute atomic E-state index is 11.6. The minimum Gasteiger partial charge on any atom is -0.462 e. The molecule has 1 aliphatic rings. The molecule has 0 N–H and O–H groups in total. The lowest BCUT2D eigenvalue weighted by Crippen LogP contribution is -2.13. The highest BCUT2D eigenvalue weighted by atomic mass is 16.5. The standard InChI is InChI=1S/C11H14N2O3/c1-3-16-11(15)9-6-12-13(8-4-5-8)10(9)7(2)14/h6,8H,3-5H2,1-2H3. The fourth-order valence-electron chi connectivity index (χ4n) is 1.67. The zero-order valence-electron chi connectivity index (χ0n) is 9.40. The van der Waals surface area contributed by atoms with Crippen molar-refractivity contribution in [2.75, 3.05) is 6.61 Å². The van der Waals surface area contributed by atoms with Gasteiger partial charge in [0.05, 0.1) is 18.8 Å². The summed E-state index contributed by atoms with van der Waals surface area (Å²) < 4.78 is 6.54. The number of ether oxygens (including phenoxy) is 1. The van der Waals surface area contributed by atoms with Crippen LogP contribution >= 0.6 is 0 Å². The van der Waals surface area contributed by atoms with Crippen LogP contribution < -0.4 is 0 Å². The number of aromatic nitrogens is 2. The van der Waals surface area contributed by atoms with Gasteiger partial charge in [0.15, 0.2) is 5.78 Å². The minimum absolute atomic E-state index is 0.146. The SMILES string of the molecule is CCOC(=O)c1cnn(C2CC2)c1C(C)=O. The van der Waals surface area contributed by atoms with Crippen LogP contribution in [0.25, 0.3) is 0 Å². The number of esters is 1. The van der Waals surface area contributed by atoms with Crippen LogP contribution in [0, 0.1) is 0 Å². The fraction of sp³-hybridized carbons (Fsp3) is 0.545. The third-order valence-electron chi connectivity index (χ3n) is 2.52. The highest BCUT2D eigenvalue weighted by Gasteiger charge is 2.31. The molecule has 1 heterocycles. The fourth-order valence-corrected chi connectivity index (χ4v) is 1.67. The monoisotopic (exact) mass is 222 g/mol. The highest BCUT2D eigenvalue weighted by molar-refractivity contribution is 6.04. The number of carbonyl (C=O) groups excluding carboxylic acids is 2. The molecule has 5 heteroatoms. The Morgan fingerprint density at radius 1 is 1.56 bits per heavy atom. The minimum atomic E-state index is -0.473. The topological polar surface area (TPSA) is 61.2 Å². The van der Waals surface area contributed by atoms with Gasteiger partial charge in [-0.1, -0.05) is 0 Å². The summed E-state index contributed by atoms with van der Waals surface area (Å²) in [6.45, 7) is 3.47. The Hall–Kier alpha value is -1.65. The van der Waals surface area contributed by atoms with Crippen LogP contribution in [-0.4, -0.2) is 28.1 Å². The van der Waals surface area contributed by atoms with Crippen molar-refractivity contribution in [3.05, 3.63) is 17.5 Å². The van der Waals surface area contributed by atoms with Gasteiger partial charge in [-0.15, -0.1) is 0 Å². The van der Waals surface area contributed by atoms with Gasteiger partial charge in [-0.25, -0.2) is 4.79 Å². The highest BCUT2D eigenvalue weighted by Crippen LogP contribution is 2.36. The van der Waals surface area contributed by atoms with E-state index in [9.17, 15) is 9.59 Å². The zero-order chi connectivity index (χ0) is 11.7. The average Bonchev–Trinajstić information content (AvgIpc) is 2.97. The summed E-state index contributed by atoms with van der Waals surface area (Å²) in [5.74, 6) is -0.618. The molecule has 1 aromatic heterocycles. The first-order valence-electron chi connectivity index (χ1n) is 5.40. The summed E-state index contributed by atoms with van der Waals surface area (Å²) in [5.41, 5.74) is 0.655. The van der Waals surface area contributed by atoms with Crippen LogP contribution in [0.2, 0.25) is 0 Å². The zero-order valence-corrected chi connectivity index (χ0v) is 9.40. The van der Waals surface area contributed by atoms with E-state index >= 15 is 0 Å². The first kappa shape index (κ1) is 10.9. The van der Waals surface area contributed by atoms with Crippen molar-refractivity contribution in [1.29, 1.82) is 0 Å². The van der Waals surface area contributed by atoms with Crippen molar-refractivity contribution in [2.24, 2.45) is 0 Å². The molecule has 1 aliphatic carbocycles. The molecule has 0 atom stereocenters. The van der Waals surface area contributed by atoms with Crippen LogP contribution in [0.5, 0.6) is 0 Å². The molecule has 0 aliphatic heterocycles. The lowest BCUT2D eigenvalue weighted by atomic mass is 10.2. The summed E-state index contributed by atoms with van der Waals surface area (Å²) >= 11 is 0. The maximum Gasteiger partial charge on any atom is 0.342 e. The van der Waals surface area contributed by atoms with Gasteiger partial charge in [-0.3, -0.25) is 9.48 Å². The first-order valence-corrected chi connectivity index (χ1v) is 5.40. The van der Waals surface area contributed by atoms with Gasteiger partial charge in [0.1, 0.15) is 11.3 Å². The van der Waals surface area contributed by atoms with Crippen molar-refractivity contribution in [2.45, 2.75) is 32.7 Å². The Labute approximate surface area is 93.4 Å². The Morgan fingerprint density at radius 2 is 2.25 bits per heavy atom. The molecule has 0 saturated heterocycles. The average molecular weight is 222 g/mol. The third-order valence-corrected chi connectivity index (χ3v) is 2.52. The molecule has 0 bridgehead atoms. The Kier molecular flexibility index (Phi) is 2.77. The molecule has 0 radical (unpaired) electrons. The molecule has 0 spiro atoms. The van der Waals surface area contributed by atoms with Gasteiger partial charge in [-0.05, 0) is 19.8 Å². The third kappa shape index (κ3) is 1.85. The van der Waals surface area contributed by atoms with Crippen molar-refractivity contribution in [1.82, 2.24) is 9.78 Å². The summed E-state index contributed by atoms with van der Waals surface area (Å²) in [5, 5.41) is 4.10. The van der Waals surface area contributed by atoms with E-state index in [1.807, 2.05) is 0 Å². The summed E-state index contributed by atoms with van der Waals surface area (Å²) in [6, 6.07) is 0.280. The number of hydrogen-bond donors (Lipinski definition) is 0. The van der Waals surface area contributed by atoms with Crippen molar-refractivity contribution in [3.8, 4) is 0 Å². The predicted octanol–water partition coefficient (Wildman–Crippen LogP) is 1.60. The van der Waals surface area contributed by atoms with E-state index in [1.165, 1.54) is 13.1 Å². The number of hydrogen-bond acceptors (Lipinski definition) is 4. The molecule has 1 saturated carbocycles. The Bertz CT molecular complexity index is 432. The lowest BCUT2D eigenvalue weighted by molar-refractivity contribution is 0.0523. The maximum atomic E-state index is 11.6. The quantitative estimate of drug-likeness (QED) is 0.573. The molecule has 0 amide bonds. The molecule has 1 aromatic rings. The molecule has 0 aromatic carbocycles. The molecular formula is C11H14N2O3. The summed E-state index contributed by atoms with van der Waals surface area (Å²) in [7, 11) is 0. The van der Waals surface area contributed by atoms with Gasteiger partial charge in [-0.2, -0.15) is 5.10 Å². The summed E-state index contributed by atoms with van der Waals surface area (Å²) in [6.07, 6.45) is 3.46. The van der Waals surface area contributed by atoms with Crippen molar-refractivity contribution >= 4 is 11.8 Å².